The van der Waals surface area contributed by atoms with Crippen molar-refractivity contribution in [2.75, 3.05) is 39.1 Å². The summed E-state index contributed by atoms with van der Waals surface area (Å²) in [6.07, 6.45) is 0.509. The second-order valence-corrected chi connectivity index (χ2v) is 8.48. The first-order valence-electron chi connectivity index (χ1n) is 9.81. The number of hydrogen-bond acceptors (Lipinski definition) is 4. The molecule has 1 atom stereocenters. The summed E-state index contributed by atoms with van der Waals surface area (Å²) in [5.41, 5.74) is 3.20. The molecule has 1 aliphatic rings. The highest BCUT2D eigenvalue weighted by Crippen LogP contribution is 2.18. The average Bonchev–Trinajstić information content (AvgIpc) is 3.02. The average molecular weight is 390 g/mol. The summed E-state index contributed by atoms with van der Waals surface area (Å²) in [5.74, 6) is 0.851. The molecule has 0 aliphatic carbocycles. The number of hydrogen-bond donors (Lipinski definition) is 2. The summed E-state index contributed by atoms with van der Waals surface area (Å²) >= 11 is 0. The molecule has 28 heavy (non-hydrogen) atoms. The van der Waals surface area contributed by atoms with Gasteiger partial charge in [-0.25, -0.2) is 4.79 Å². The highest BCUT2D eigenvalue weighted by atomic mass is 16.6. The van der Waals surface area contributed by atoms with Crippen molar-refractivity contribution in [3.63, 3.8) is 0 Å². The molecule has 2 N–H and O–H groups in total. The first kappa shape index (κ1) is 21.9. The minimum atomic E-state index is -0.486. The zero-order valence-corrected chi connectivity index (χ0v) is 18.3. The van der Waals surface area contributed by atoms with Crippen molar-refractivity contribution in [3.05, 3.63) is 29.3 Å². The van der Waals surface area contributed by atoms with Gasteiger partial charge in [0.15, 0.2) is 5.96 Å². The number of ether oxygens (including phenoxy) is 1. The van der Waals surface area contributed by atoms with Gasteiger partial charge >= 0.3 is 6.09 Å². The molecule has 0 spiro atoms. The van der Waals surface area contributed by atoms with E-state index in [-0.39, 0.29) is 12.1 Å². The van der Waals surface area contributed by atoms with Crippen LogP contribution in [0.25, 0.3) is 0 Å². The Kier molecular flexibility index (Phi) is 7.16. The molecule has 7 nitrogen and oxygen atoms in total. The standard InChI is InChI=1S/C21H35N5O2/c1-15-12-18(25(6)7)9-8-16(15)13-23-19(22-5)26-11-10-17(14-26)24-20(27)28-21(2,3)4/h8-9,12,17H,10-11,13-14H2,1-7H3,(H,22,23)(H,24,27). The molecule has 7 heteroatoms. The van der Waals surface area contributed by atoms with Crippen LogP contribution in [0.1, 0.15) is 38.3 Å². The van der Waals surface area contributed by atoms with Crippen LogP contribution in [0.15, 0.2) is 23.2 Å². The number of aryl methyl sites for hydroxylation is 1. The van der Waals surface area contributed by atoms with Gasteiger partial charge in [0.2, 0.25) is 0 Å². The quantitative estimate of drug-likeness (QED) is 0.612. The van der Waals surface area contributed by atoms with Crippen molar-refractivity contribution in [2.45, 2.75) is 52.3 Å². The van der Waals surface area contributed by atoms with Crippen molar-refractivity contribution < 1.29 is 9.53 Å². The van der Waals surface area contributed by atoms with Gasteiger partial charge in [-0.3, -0.25) is 4.99 Å². The third-order valence-corrected chi connectivity index (χ3v) is 4.70. The number of alkyl carbamates (subject to hydrolysis) is 1. The van der Waals surface area contributed by atoms with Crippen molar-refractivity contribution in [2.24, 2.45) is 4.99 Å². The van der Waals surface area contributed by atoms with Crippen LogP contribution in [0.4, 0.5) is 10.5 Å². The van der Waals surface area contributed by atoms with E-state index in [1.807, 2.05) is 34.9 Å². The molecule has 1 aromatic rings. The van der Waals surface area contributed by atoms with E-state index in [1.54, 1.807) is 7.05 Å². The number of aliphatic imine (C=N–C) groups is 1. The zero-order chi connectivity index (χ0) is 20.9. The fraction of sp³-hybridized carbons (Fsp3) is 0.619. The van der Waals surface area contributed by atoms with Gasteiger partial charge in [-0.2, -0.15) is 0 Å². The van der Waals surface area contributed by atoms with Gasteiger partial charge in [0.05, 0.1) is 6.04 Å². The van der Waals surface area contributed by atoms with Crippen LogP contribution in [0.2, 0.25) is 0 Å². The molecule has 0 aromatic heterocycles. The van der Waals surface area contributed by atoms with Gasteiger partial charge in [-0.15, -0.1) is 0 Å². The van der Waals surface area contributed by atoms with E-state index in [9.17, 15) is 4.79 Å². The Morgan fingerprint density at radius 1 is 1.36 bits per heavy atom. The predicted octanol–water partition coefficient (Wildman–Crippen LogP) is 2.74. The molecule has 1 saturated heterocycles. The highest BCUT2D eigenvalue weighted by molar-refractivity contribution is 5.80. The highest BCUT2D eigenvalue weighted by Gasteiger charge is 2.27. The minimum Gasteiger partial charge on any atom is -0.444 e. The molecular weight excluding hydrogens is 354 g/mol. The number of benzene rings is 1. The van der Waals surface area contributed by atoms with Crippen molar-refractivity contribution in [1.29, 1.82) is 0 Å². The van der Waals surface area contributed by atoms with Gasteiger partial charge < -0.3 is 25.2 Å². The topological polar surface area (TPSA) is 69.2 Å². The lowest BCUT2D eigenvalue weighted by molar-refractivity contribution is 0.0507. The Bertz CT molecular complexity index is 709. The number of nitrogens with one attached hydrogen (secondary N) is 2. The van der Waals surface area contributed by atoms with E-state index in [0.717, 1.165) is 25.5 Å². The van der Waals surface area contributed by atoms with E-state index in [2.05, 4.69) is 50.5 Å². The van der Waals surface area contributed by atoms with Gasteiger partial charge in [0.1, 0.15) is 5.60 Å². The van der Waals surface area contributed by atoms with Crippen LogP contribution < -0.4 is 15.5 Å². The molecule has 1 aromatic carbocycles. The third-order valence-electron chi connectivity index (χ3n) is 4.70. The third kappa shape index (κ3) is 6.32. The fourth-order valence-electron chi connectivity index (χ4n) is 3.21. The molecule has 1 amide bonds. The van der Waals surface area contributed by atoms with Gasteiger partial charge in [-0.05, 0) is 57.4 Å². The maximum Gasteiger partial charge on any atom is 0.407 e. The zero-order valence-electron chi connectivity index (χ0n) is 18.3. The summed E-state index contributed by atoms with van der Waals surface area (Å²) in [6.45, 7) is 10.0. The predicted molar refractivity (Wildman–Crippen MR) is 115 cm³/mol. The van der Waals surface area contributed by atoms with Crippen LogP contribution in [-0.4, -0.2) is 62.8 Å². The van der Waals surface area contributed by atoms with E-state index in [1.165, 1.54) is 16.8 Å². The van der Waals surface area contributed by atoms with E-state index < -0.39 is 5.60 Å². The van der Waals surface area contributed by atoms with Crippen LogP contribution in [0, 0.1) is 6.92 Å². The summed E-state index contributed by atoms with van der Waals surface area (Å²) in [5, 5.41) is 6.40. The number of guanidine groups is 1. The normalized spacial score (nSPS) is 17.5. The van der Waals surface area contributed by atoms with E-state index in [4.69, 9.17) is 4.74 Å². The number of amides is 1. The van der Waals surface area contributed by atoms with Crippen LogP contribution in [-0.2, 0) is 11.3 Å². The first-order chi connectivity index (χ1) is 13.1. The first-order valence-corrected chi connectivity index (χ1v) is 9.81. The number of anilines is 1. The van der Waals surface area contributed by atoms with Crippen LogP contribution in [0.5, 0.6) is 0 Å². The lowest BCUT2D eigenvalue weighted by Gasteiger charge is -2.24. The second-order valence-electron chi connectivity index (χ2n) is 8.48. The van der Waals surface area contributed by atoms with Gasteiger partial charge in [-0.1, -0.05) is 6.07 Å². The maximum atomic E-state index is 12.0. The smallest absolute Gasteiger partial charge is 0.407 e. The Hall–Kier alpha value is -2.44. The van der Waals surface area contributed by atoms with Crippen molar-refractivity contribution in [1.82, 2.24) is 15.5 Å². The molecule has 0 saturated carbocycles. The summed E-state index contributed by atoms with van der Waals surface area (Å²) in [7, 11) is 5.88. The lowest BCUT2D eigenvalue weighted by Crippen LogP contribution is -2.44. The largest absolute Gasteiger partial charge is 0.444 e. The Labute approximate surface area is 169 Å². The molecular formula is C21H35N5O2. The Morgan fingerprint density at radius 3 is 2.64 bits per heavy atom. The minimum absolute atomic E-state index is 0.0644. The molecule has 1 fully saturated rings. The number of nitrogens with zero attached hydrogens (tertiary/aromatic N) is 3. The number of rotatable bonds is 4. The number of carbonyl (C=O) groups is 1. The summed E-state index contributed by atoms with van der Waals surface area (Å²) < 4.78 is 5.35. The Balaban J connectivity index is 1.88. The van der Waals surface area contributed by atoms with Gasteiger partial charge in [0.25, 0.3) is 0 Å². The maximum absolute atomic E-state index is 12.0. The fourth-order valence-corrected chi connectivity index (χ4v) is 3.21. The monoisotopic (exact) mass is 389 g/mol. The van der Waals surface area contributed by atoms with Crippen LogP contribution >= 0.6 is 0 Å². The van der Waals surface area contributed by atoms with Crippen molar-refractivity contribution >= 4 is 17.7 Å². The lowest BCUT2D eigenvalue weighted by atomic mass is 10.1. The molecule has 0 radical (unpaired) electrons. The Morgan fingerprint density at radius 2 is 2.07 bits per heavy atom. The van der Waals surface area contributed by atoms with Crippen LogP contribution in [0.3, 0.4) is 0 Å². The van der Waals surface area contributed by atoms with E-state index in [0.29, 0.717) is 6.54 Å². The van der Waals surface area contributed by atoms with Gasteiger partial charge in [0, 0.05) is 46.5 Å². The molecule has 1 aliphatic heterocycles. The summed E-state index contributed by atoms with van der Waals surface area (Å²) in [6, 6.07) is 6.54. The molecule has 156 valence electrons. The molecule has 2 rings (SSSR count). The second kappa shape index (κ2) is 9.17. The number of carbonyl (C=O) groups excluding carboxylic acids is 1. The molecule has 1 unspecified atom stereocenters. The number of likely N-dealkylation sites (tertiary alicyclic amines) is 1. The van der Waals surface area contributed by atoms with E-state index >= 15 is 0 Å². The molecule has 0 bridgehead atoms. The van der Waals surface area contributed by atoms with Crippen molar-refractivity contribution in [3.8, 4) is 0 Å². The SMILES string of the molecule is CN=C(NCc1ccc(N(C)C)cc1C)N1CCC(NC(=O)OC(C)(C)C)C1. The summed E-state index contributed by atoms with van der Waals surface area (Å²) in [4.78, 5) is 20.7. The molecule has 1 heterocycles.